The van der Waals surface area contributed by atoms with E-state index in [2.05, 4.69) is 41.5 Å². The number of ether oxygens (including phenoxy) is 3. The minimum atomic E-state index is -0.764. The second kappa shape index (κ2) is 54.2. The molecular weight excluding hydrogens is 853 g/mol. The van der Waals surface area contributed by atoms with Gasteiger partial charge in [-0.15, -0.1) is 0 Å². The van der Waals surface area contributed by atoms with E-state index in [0.29, 0.717) is 19.3 Å². The molecule has 0 bridgehead atoms. The van der Waals surface area contributed by atoms with Gasteiger partial charge in [-0.2, -0.15) is 0 Å². The predicted octanol–water partition coefficient (Wildman–Crippen LogP) is 20.7. The third-order valence-corrected chi connectivity index (χ3v) is 14.8. The molecule has 1 unspecified atom stereocenters. The summed E-state index contributed by atoms with van der Waals surface area (Å²) in [5.74, 6) is 1.73. The first-order chi connectivity index (χ1) is 33.6. The second-order valence-electron chi connectivity index (χ2n) is 22.9. The molecule has 0 aromatic heterocycles. The van der Waals surface area contributed by atoms with Crippen molar-refractivity contribution in [2.24, 2.45) is 17.8 Å². The van der Waals surface area contributed by atoms with Crippen LogP contribution < -0.4 is 0 Å². The van der Waals surface area contributed by atoms with E-state index in [0.717, 1.165) is 75.5 Å². The number of hydrogen-bond donors (Lipinski definition) is 0. The van der Waals surface area contributed by atoms with Crippen LogP contribution >= 0.6 is 0 Å². The molecular formula is C63H122O6. The van der Waals surface area contributed by atoms with Gasteiger partial charge in [-0.05, 0) is 37.0 Å². The SMILES string of the molecule is CCC(C)CCCCCCCCCCCCC(=O)O[C@H](COC(=O)CCCCCCCCCCCCCCCCCCCCC(C)C)COC(=O)CCCCCCCCCCCCCCCC(C)C. The van der Waals surface area contributed by atoms with Crippen LogP contribution in [0.25, 0.3) is 0 Å². The molecule has 0 saturated heterocycles. The highest BCUT2D eigenvalue weighted by Gasteiger charge is 2.19. The lowest BCUT2D eigenvalue weighted by atomic mass is 9.99. The Bertz CT molecular complexity index is 1070. The van der Waals surface area contributed by atoms with E-state index in [1.807, 2.05) is 0 Å². The van der Waals surface area contributed by atoms with Gasteiger partial charge < -0.3 is 14.2 Å². The van der Waals surface area contributed by atoms with Crippen molar-refractivity contribution in [2.75, 3.05) is 13.2 Å². The average Bonchev–Trinajstić information content (AvgIpc) is 3.32. The average molecular weight is 976 g/mol. The van der Waals surface area contributed by atoms with Gasteiger partial charge in [0.2, 0.25) is 0 Å². The predicted molar refractivity (Wildman–Crippen MR) is 298 cm³/mol. The Hall–Kier alpha value is -1.59. The molecule has 0 radical (unpaired) electrons. The van der Waals surface area contributed by atoms with Gasteiger partial charge in [0, 0.05) is 19.3 Å². The van der Waals surface area contributed by atoms with E-state index < -0.39 is 6.10 Å². The van der Waals surface area contributed by atoms with Crippen LogP contribution in [0, 0.1) is 17.8 Å². The van der Waals surface area contributed by atoms with Gasteiger partial charge in [-0.3, -0.25) is 14.4 Å². The first-order valence-corrected chi connectivity index (χ1v) is 31.1. The van der Waals surface area contributed by atoms with E-state index in [4.69, 9.17) is 14.2 Å². The van der Waals surface area contributed by atoms with Gasteiger partial charge in [0.25, 0.3) is 0 Å². The number of esters is 3. The van der Waals surface area contributed by atoms with Crippen molar-refractivity contribution >= 4 is 17.9 Å². The summed E-state index contributed by atoms with van der Waals surface area (Å²) in [4.78, 5) is 38.3. The zero-order valence-corrected chi connectivity index (χ0v) is 47.6. The van der Waals surface area contributed by atoms with Crippen molar-refractivity contribution in [1.29, 1.82) is 0 Å². The summed E-state index contributed by atoms with van der Waals surface area (Å²) in [6.07, 6.45) is 58.1. The third-order valence-electron chi connectivity index (χ3n) is 14.8. The maximum atomic E-state index is 12.9. The Morgan fingerprint density at radius 2 is 0.507 bits per heavy atom. The number of rotatable bonds is 56. The molecule has 0 aliphatic rings. The van der Waals surface area contributed by atoms with Crippen molar-refractivity contribution in [2.45, 2.75) is 356 Å². The molecule has 0 N–H and O–H groups in total. The Kier molecular flexibility index (Phi) is 52.9. The number of carbonyl (C=O) groups is 3. The van der Waals surface area contributed by atoms with Crippen molar-refractivity contribution < 1.29 is 28.6 Å². The minimum Gasteiger partial charge on any atom is -0.462 e. The van der Waals surface area contributed by atoms with Gasteiger partial charge in [0.05, 0.1) is 0 Å². The molecule has 69 heavy (non-hydrogen) atoms. The fraction of sp³-hybridized carbons (Fsp3) is 0.952. The summed E-state index contributed by atoms with van der Waals surface area (Å²) >= 11 is 0. The second-order valence-corrected chi connectivity index (χ2v) is 22.9. The highest BCUT2D eigenvalue weighted by atomic mass is 16.6. The molecule has 6 heteroatoms. The Morgan fingerprint density at radius 3 is 0.754 bits per heavy atom. The lowest BCUT2D eigenvalue weighted by Crippen LogP contribution is -2.30. The fourth-order valence-corrected chi connectivity index (χ4v) is 9.67. The monoisotopic (exact) mass is 975 g/mol. The van der Waals surface area contributed by atoms with Crippen LogP contribution in [0.1, 0.15) is 350 Å². The maximum Gasteiger partial charge on any atom is 0.306 e. The Balaban J connectivity index is 4.26. The van der Waals surface area contributed by atoms with Crippen LogP contribution in [-0.2, 0) is 28.6 Å². The maximum absolute atomic E-state index is 12.9. The van der Waals surface area contributed by atoms with E-state index in [1.54, 1.807) is 0 Å². The molecule has 0 spiro atoms. The number of hydrogen-bond acceptors (Lipinski definition) is 6. The highest BCUT2D eigenvalue weighted by Crippen LogP contribution is 2.19. The molecule has 6 nitrogen and oxygen atoms in total. The smallest absolute Gasteiger partial charge is 0.306 e. The first-order valence-electron chi connectivity index (χ1n) is 31.1. The molecule has 410 valence electrons. The summed E-state index contributed by atoms with van der Waals surface area (Å²) in [7, 11) is 0. The van der Waals surface area contributed by atoms with Crippen LogP contribution in [0.15, 0.2) is 0 Å². The van der Waals surface area contributed by atoms with Crippen molar-refractivity contribution in [1.82, 2.24) is 0 Å². The molecule has 0 saturated carbocycles. The van der Waals surface area contributed by atoms with E-state index in [1.165, 1.54) is 231 Å². The quantitative estimate of drug-likeness (QED) is 0.0343. The number of carbonyl (C=O) groups excluding carboxylic acids is 3. The van der Waals surface area contributed by atoms with Crippen LogP contribution in [0.4, 0.5) is 0 Å². The molecule has 0 aromatic rings. The molecule has 0 fully saturated rings. The topological polar surface area (TPSA) is 78.9 Å². The van der Waals surface area contributed by atoms with E-state index in [9.17, 15) is 14.4 Å². The third kappa shape index (κ3) is 55.6. The molecule has 0 rings (SSSR count). The summed E-state index contributed by atoms with van der Waals surface area (Å²) in [5.41, 5.74) is 0. The molecule has 0 aliphatic carbocycles. The number of unbranched alkanes of at least 4 members (excludes halogenated alkanes) is 38. The van der Waals surface area contributed by atoms with Gasteiger partial charge in [0.1, 0.15) is 13.2 Å². The van der Waals surface area contributed by atoms with Crippen LogP contribution in [0.5, 0.6) is 0 Å². The Labute approximate surface area is 431 Å². The zero-order valence-electron chi connectivity index (χ0n) is 47.6. The van der Waals surface area contributed by atoms with Crippen molar-refractivity contribution in [3.05, 3.63) is 0 Å². The molecule has 2 atom stereocenters. The van der Waals surface area contributed by atoms with Gasteiger partial charge in [0.15, 0.2) is 6.10 Å². The summed E-state index contributed by atoms with van der Waals surface area (Å²) in [6, 6.07) is 0. The molecule has 0 amide bonds. The normalized spacial score (nSPS) is 12.5. The highest BCUT2D eigenvalue weighted by molar-refractivity contribution is 5.71. The fourth-order valence-electron chi connectivity index (χ4n) is 9.67. The summed E-state index contributed by atoms with van der Waals surface area (Å²) in [5, 5.41) is 0. The van der Waals surface area contributed by atoms with E-state index in [-0.39, 0.29) is 31.1 Å². The lowest BCUT2D eigenvalue weighted by Gasteiger charge is -2.18. The zero-order chi connectivity index (χ0) is 50.5. The van der Waals surface area contributed by atoms with Gasteiger partial charge in [-0.1, -0.05) is 311 Å². The molecule has 0 heterocycles. The van der Waals surface area contributed by atoms with Crippen LogP contribution in [0.2, 0.25) is 0 Å². The van der Waals surface area contributed by atoms with Crippen molar-refractivity contribution in [3.63, 3.8) is 0 Å². The first kappa shape index (κ1) is 67.4. The largest absolute Gasteiger partial charge is 0.462 e. The lowest BCUT2D eigenvalue weighted by molar-refractivity contribution is -0.167. The molecule has 0 aromatic carbocycles. The minimum absolute atomic E-state index is 0.0630. The van der Waals surface area contributed by atoms with E-state index >= 15 is 0 Å². The standard InChI is InChI=1S/C63H122O6/c1-7-59(6)51-45-39-33-27-23-24-30-36-42-48-54-63(66)69-60(56-68-62(65)53-47-41-35-29-22-18-14-16-20-26-32-38-44-50-58(4)5)55-67-61(64)52-46-40-34-28-21-17-13-11-9-8-10-12-15-19-25-31-37-43-49-57(2)3/h57-60H,7-56H2,1-6H3/t59?,60-/m1/s1. The summed E-state index contributed by atoms with van der Waals surface area (Å²) in [6.45, 7) is 13.8. The van der Waals surface area contributed by atoms with Crippen molar-refractivity contribution in [3.8, 4) is 0 Å². The molecule has 0 aliphatic heterocycles. The van der Waals surface area contributed by atoms with Crippen LogP contribution in [-0.4, -0.2) is 37.2 Å². The summed E-state index contributed by atoms with van der Waals surface area (Å²) < 4.78 is 16.9. The van der Waals surface area contributed by atoms with Gasteiger partial charge in [-0.25, -0.2) is 0 Å². The Morgan fingerprint density at radius 1 is 0.290 bits per heavy atom. The van der Waals surface area contributed by atoms with Crippen LogP contribution in [0.3, 0.4) is 0 Å². The van der Waals surface area contributed by atoms with Gasteiger partial charge >= 0.3 is 17.9 Å².